The maximum absolute atomic E-state index is 12.8. The Balaban J connectivity index is 1.12. The molecule has 1 amide bonds. The Morgan fingerprint density at radius 1 is 0.939 bits per heavy atom. The van der Waals surface area contributed by atoms with Gasteiger partial charge in [0.2, 0.25) is 5.91 Å². The summed E-state index contributed by atoms with van der Waals surface area (Å²) in [5.74, 6) is 1.02. The summed E-state index contributed by atoms with van der Waals surface area (Å²) in [4.78, 5) is 46.2. The number of amides is 1. The number of carbonyl (C=O) groups is 2. The number of aromatic nitrogens is 2. The summed E-state index contributed by atoms with van der Waals surface area (Å²) < 4.78 is 6.10. The third-order valence-electron chi connectivity index (χ3n) is 10.1. The zero-order chi connectivity index (χ0) is 34.2. The second-order valence-electron chi connectivity index (χ2n) is 13.3. The number of hydrogen-bond donors (Lipinski definition) is 1. The highest BCUT2D eigenvalue weighted by atomic mass is 16.5. The molecule has 0 saturated carbocycles. The Morgan fingerprint density at radius 2 is 1.67 bits per heavy atom. The summed E-state index contributed by atoms with van der Waals surface area (Å²) in [7, 11) is 2.21. The predicted molar refractivity (Wildman–Crippen MR) is 195 cm³/mol. The van der Waals surface area contributed by atoms with Crippen molar-refractivity contribution in [1.82, 2.24) is 24.7 Å². The van der Waals surface area contributed by atoms with Crippen LogP contribution in [-0.4, -0.2) is 122 Å². The lowest BCUT2D eigenvalue weighted by Crippen LogP contribution is -2.57. The van der Waals surface area contributed by atoms with E-state index in [1.54, 1.807) is 0 Å². The number of ether oxygens (including phenoxy) is 1. The van der Waals surface area contributed by atoms with Gasteiger partial charge in [-0.2, -0.15) is 0 Å². The van der Waals surface area contributed by atoms with Gasteiger partial charge in [0.1, 0.15) is 5.69 Å². The molecule has 0 radical (unpaired) electrons. The summed E-state index contributed by atoms with van der Waals surface area (Å²) in [6.07, 6.45) is 5.11. The minimum atomic E-state index is -0.198. The van der Waals surface area contributed by atoms with Gasteiger partial charge in [0.25, 0.3) is 0 Å². The van der Waals surface area contributed by atoms with Crippen LogP contribution in [0.3, 0.4) is 0 Å². The van der Waals surface area contributed by atoms with Crippen LogP contribution in [0.15, 0.2) is 67.3 Å². The van der Waals surface area contributed by atoms with E-state index < -0.39 is 0 Å². The van der Waals surface area contributed by atoms with Crippen molar-refractivity contribution < 1.29 is 14.3 Å². The molecule has 0 aliphatic carbocycles. The van der Waals surface area contributed by atoms with Gasteiger partial charge in [0.15, 0.2) is 17.9 Å². The zero-order valence-corrected chi connectivity index (χ0v) is 29.0. The minimum absolute atomic E-state index is 0.115. The second-order valence-corrected chi connectivity index (χ2v) is 13.3. The van der Waals surface area contributed by atoms with Crippen LogP contribution in [0, 0.1) is 0 Å². The van der Waals surface area contributed by atoms with E-state index in [1.165, 1.54) is 37.7 Å². The van der Waals surface area contributed by atoms with Gasteiger partial charge in [-0.15, -0.1) is 0 Å². The summed E-state index contributed by atoms with van der Waals surface area (Å²) in [5, 5.41) is 3.37. The van der Waals surface area contributed by atoms with Crippen molar-refractivity contribution in [3.8, 4) is 0 Å². The molecule has 3 saturated heterocycles. The molecule has 49 heavy (non-hydrogen) atoms. The normalized spacial score (nSPS) is 19.6. The Kier molecular flexibility index (Phi) is 11.6. The molecule has 2 aromatic carbocycles. The molecule has 260 valence electrons. The monoisotopic (exact) mass is 666 g/mol. The van der Waals surface area contributed by atoms with E-state index in [0.29, 0.717) is 56.9 Å². The van der Waals surface area contributed by atoms with Crippen molar-refractivity contribution >= 4 is 35.2 Å². The number of rotatable bonds is 12. The van der Waals surface area contributed by atoms with E-state index in [2.05, 4.69) is 50.7 Å². The highest BCUT2D eigenvalue weighted by molar-refractivity contribution is 5.87. The van der Waals surface area contributed by atoms with Crippen LogP contribution < -0.4 is 15.1 Å². The summed E-state index contributed by atoms with van der Waals surface area (Å²) in [5.41, 5.74) is 4.15. The molecule has 0 unspecified atom stereocenters. The lowest BCUT2D eigenvalue weighted by Gasteiger charge is -2.42. The summed E-state index contributed by atoms with van der Waals surface area (Å²) in [6.45, 7) is 14.9. The first-order chi connectivity index (χ1) is 23.9. The van der Waals surface area contributed by atoms with E-state index in [-0.39, 0.29) is 17.6 Å². The number of nitrogens with one attached hydrogen (secondary N) is 1. The first-order valence-electron chi connectivity index (χ1n) is 17.7. The van der Waals surface area contributed by atoms with Crippen molar-refractivity contribution in [3.05, 3.63) is 84.2 Å². The molecule has 11 heteroatoms. The second kappa shape index (κ2) is 16.4. The van der Waals surface area contributed by atoms with Crippen molar-refractivity contribution in [3.63, 3.8) is 0 Å². The summed E-state index contributed by atoms with van der Waals surface area (Å²) >= 11 is 0. The van der Waals surface area contributed by atoms with Crippen LogP contribution in [0.4, 0.5) is 23.0 Å². The van der Waals surface area contributed by atoms with Crippen molar-refractivity contribution in [2.45, 2.75) is 44.9 Å². The number of piperidine rings is 1. The largest absolute Gasteiger partial charge is 0.375 e. The number of nitrogens with zero attached hydrogens (tertiary/aromatic N) is 7. The Hall–Kier alpha value is -4.32. The Morgan fingerprint density at radius 3 is 2.35 bits per heavy atom. The molecule has 1 N–H and O–H groups in total. The van der Waals surface area contributed by atoms with Crippen molar-refractivity contribution in [2.24, 2.45) is 0 Å². The van der Waals surface area contributed by atoms with Gasteiger partial charge in [-0.1, -0.05) is 43.8 Å². The third kappa shape index (κ3) is 8.46. The molecule has 3 fully saturated rings. The molecule has 3 aliphatic rings. The Bertz CT molecular complexity index is 1550. The van der Waals surface area contributed by atoms with Crippen LogP contribution in [-0.2, 0) is 22.6 Å². The highest BCUT2D eigenvalue weighted by Crippen LogP contribution is 2.29. The van der Waals surface area contributed by atoms with Gasteiger partial charge >= 0.3 is 0 Å². The van der Waals surface area contributed by atoms with Gasteiger partial charge in [-0.05, 0) is 62.2 Å². The van der Waals surface area contributed by atoms with Crippen LogP contribution >= 0.6 is 0 Å². The molecule has 6 rings (SSSR count). The van der Waals surface area contributed by atoms with Gasteiger partial charge in [0, 0.05) is 76.3 Å². The molecule has 0 bridgehead atoms. The number of carbonyl (C=O) groups excluding carboxylic acids is 2. The molecule has 0 spiro atoms. The van der Waals surface area contributed by atoms with Crippen LogP contribution in [0.25, 0.3) is 0 Å². The quantitative estimate of drug-likeness (QED) is 0.224. The number of benzene rings is 2. The fraction of sp³-hybridized carbons (Fsp3) is 0.474. The van der Waals surface area contributed by atoms with Crippen LogP contribution in [0.2, 0.25) is 0 Å². The number of hydrogen-bond acceptors (Lipinski definition) is 10. The minimum Gasteiger partial charge on any atom is -0.375 e. The fourth-order valence-corrected chi connectivity index (χ4v) is 7.19. The standard InChI is InChI=1S/C38H50N8O3/c1-4-34-38(45-23-24-46(36(48)5-2)33(25-45)28-49-27-29-9-7-6-8-10-29)41-37(35(26-47)40-34)39-30-11-13-31(14-12-30)43-17-15-32(16-18-43)44-21-19-42(3)20-22-44/h5-14,26,32-33H,2,4,15-25,27-28H2,1,3H3,(H,39,41)/t33-/m1/s1. The SMILES string of the molecule is C=CC(=O)N1CCN(c2nc(Nc3ccc(N4CCC(N5CCN(C)CC5)CC4)cc3)c(C=O)nc2CC)C[C@@H]1COCc1ccccc1. The van der Waals surface area contributed by atoms with Gasteiger partial charge in [-0.3, -0.25) is 14.5 Å². The number of aryl methyl sites for hydroxylation is 1. The Labute approximate surface area is 290 Å². The first kappa shape index (κ1) is 34.5. The smallest absolute Gasteiger partial charge is 0.246 e. The average Bonchev–Trinajstić information content (AvgIpc) is 3.15. The molecule has 3 aliphatic heterocycles. The number of aldehydes is 1. The average molecular weight is 667 g/mol. The van der Waals surface area contributed by atoms with Crippen LogP contribution in [0.5, 0.6) is 0 Å². The maximum Gasteiger partial charge on any atom is 0.246 e. The molecule has 1 aromatic heterocycles. The van der Waals surface area contributed by atoms with Crippen LogP contribution in [0.1, 0.15) is 41.5 Å². The highest BCUT2D eigenvalue weighted by Gasteiger charge is 2.32. The van der Waals surface area contributed by atoms with Gasteiger partial charge < -0.3 is 29.7 Å². The molecule has 3 aromatic rings. The van der Waals surface area contributed by atoms with Gasteiger partial charge in [0.05, 0.1) is 24.9 Å². The summed E-state index contributed by atoms with van der Waals surface area (Å²) in [6, 6.07) is 18.9. The van der Waals surface area contributed by atoms with E-state index in [1.807, 2.05) is 54.3 Å². The molecular weight excluding hydrogens is 616 g/mol. The molecule has 1 atom stereocenters. The van der Waals surface area contributed by atoms with Crippen molar-refractivity contribution in [2.75, 3.05) is 87.7 Å². The molecular formula is C38H50N8O3. The van der Waals surface area contributed by atoms with E-state index in [9.17, 15) is 9.59 Å². The van der Waals surface area contributed by atoms with E-state index >= 15 is 0 Å². The first-order valence-corrected chi connectivity index (χ1v) is 17.7. The lowest BCUT2D eigenvalue weighted by atomic mass is 10.0. The van der Waals surface area contributed by atoms with Crippen molar-refractivity contribution in [1.29, 1.82) is 0 Å². The molecule has 11 nitrogen and oxygen atoms in total. The maximum atomic E-state index is 12.8. The number of anilines is 4. The lowest BCUT2D eigenvalue weighted by molar-refractivity contribution is -0.130. The van der Waals surface area contributed by atoms with E-state index in [0.717, 1.165) is 49.4 Å². The predicted octanol–water partition coefficient (Wildman–Crippen LogP) is 4.23. The fourth-order valence-electron chi connectivity index (χ4n) is 7.19. The third-order valence-corrected chi connectivity index (χ3v) is 10.1. The number of piperazine rings is 2. The van der Waals surface area contributed by atoms with Gasteiger partial charge in [-0.25, -0.2) is 9.97 Å². The van der Waals surface area contributed by atoms with E-state index in [4.69, 9.17) is 14.7 Å². The number of likely N-dealkylation sites (N-methyl/N-ethyl adjacent to an activating group) is 1. The molecule has 4 heterocycles. The topological polar surface area (TPSA) is 97.4 Å². The zero-order valence-electron chi connectivity index (χ0n) is 29.0.